The van der Waals surface area contributed by atoms with Crippen molar-refractivity contribution < 1.29 is 4.21 Å². The molecule has 37 heavy (non-hydrogen) atoms. The Labute approximate surface area is 229 Å². The summed E-state index contributed by atoms with van der Waals surface area (Å²) in [4.78, 5) is 16.3. The van der Waals surface area contributed by atoms with Crippen LogP contribution in [-0.2, 0) is 22.8 Å². The van der Waals surface area contributed by atoms with E-state index in [1.165, 1.54) is 22.9 Å². The van der Waals surface area contributed by atoms with Crippen LogP contribution < -0.4 is 21.5 Å². The molecular weight excluding hydrogens is 526 g/mol. The van der Waals surface area contributed by atoms with Crippen molar-refractivity contribution in [3.63, 3.8) is 0 Å². The van der Waals surface area contributed by atoms with Crippen molar-refractivity contribution >= 4 is 51.8 Å². The second-order valence-electron chi connectivity index (χ2n) is 10.5. The smallest absolute Gasteiger partial charge is 0.158 e. The average Bonchev–Trinajstić information content (AvgIpc) is 3.15. The number of halogens is 1. The van der Waals surface area contributed by atoms with E-state index in [0.29, 0.717) is 21.8 Å². The van der Waals surface area contributed by atoms with Gasteiger partial charge in [-0.25, -0.2) is 19.2 Å². The number of fused-ring (bicyclic) bond motifs is 2. The lowest BCUT2D eigenvalue weighted by Gasteiger charge is -2.45. The Hall–Kier alpha value is -2.40. The standard InChI is InChI=1S/C26H32ClN7OS2/c1-25(2,37(30)35)14-17-13-16-5-3-4-6-18(16)26(17)8-11-34(12-9-26)20-15-32-24(23(29)33-20)36-19-7-10-31-22(28)21(19)27/h3-7,10,15,17H,8-9,11-14,30H2,1-2H3,(H2,28,31)(H2,29,33)/t17-,37?/m1/s1. The van der Waals surface area contributed by atoms with E-state index in [4.69, 9.17) is 28.2 Å². The molecule has 1 fully saturated rings. The van der Waals surface area contributed by atoms with E-state index < -0.39 is 15.7 Å². The van der Waals surface area contributed by atoms with Crippen LogP contribution in [0, 0.1) is 5.92 Å². The summed E-state index contributed by atoms with van der Waals surface area (Å²) in [5.41, 5.74) is 15.0. The molecule has 2 atom stereocenters. The van der Waals surface area contributed by atoms with E-state index in [9.17, 15) is 4.21 Å². The van der Waals surface area contributed by atoms with Crippen molar-refractivity contribution in [2.75, 3.05) is 29.5 Å². The van der Waals surface area contributed by atoms with Gasteiger partial charge in [-0.05, 0) is 62.6 Å². The molecule has 0 radical (unpaired) electrons. The molecule has 3 heterocycles. The number of nitrogen functional groups attached to an aromatic ring is 2. The monoisotopic (exact) mass is 557 g/mol. The molecule has 5 rings (SSSR count). The lowest BCUT2D eigenvalue weighted by atomic mass is 9.66. The van der Waals surface area contributed by atoms with Gasteiger partial charge in [0.2, 0.25) is 0 Å². The van der Waals surface area contributed by atoms with Crippen molar-refractivity contribution in [2.24, 2.45) is 11.1 Å². The molecule has 3 aromatic rings. The zero-order chi connectivity index (χ0) is 26.4. The van der Waals surface area contributed by atoms with Crippen molar-refractivity contribution in [3.05, 3.63) is 58.9 Å². The zero-order valence-electron chi connectivity index (χ0n) is 21.0. The van der Waals surface area contributed by atoms with Gasteiger partial charge in [0.05, 0.1) is 27.0 Å². The second kappa shape index (κ2) is 10.1. The van der Waals surface area contributed by atoms with Crippen LogP contribution >= 0.6 is 23.4 Å². The predicted octanol–water partition coefficient (Wildman–Crippen LogP) is 4.34. The zero-order valence-corrected chi connectivity index (χ0v) is 23.4. The second-order valence-corrected chi connectivity index (χ2v) is 13.6. The Morgan fingerprint density at radius 2 is 1.89 bits per heavy atom. The fourth-order valence-corrected chi connectivity index (χ4v) is 7.24. The number of piperidine rings is 1. The van der Waals surface area contributed by atoms with Crippen molar-refractivity contribution in [2.45, 2.75) is 59.6 Å². The van der Waals surface area contributed by atoms with Crippen molar-refractivity contribution in [1.82, 2.24) is 15.0 Å². The van der Waals surface area contributed by atoms with Crippen LogP contribution in [0.5, 0.6) is 0 Å². The summed E-state index contributed by atoms with van der Waals surface area (Å²) in [5.74, 6) is 1.78. The molecule has 1 unspecified atom stereocenters. The van der Waals surface area contributed by atoms with Crippen molar-refractivity contribution in [1.29, 1.82) is 0 Å². The molecule has 1 saturated heterocycles. The Bertz CT molecular complexity index is 1340. The molecule has 0 bridgehead atoms. The topological polar surface area (TPSA) is 137 Å². The maximum atomic E-state index is 12.3. The van der Waals surface area contributed by atoms with Gasteiger partial charge < -0.3 is 16.4 Å². The number of benzene rings is 1. The first-order valence-electron chi connectivity index (χ1n) is 12.3. The highest BCUT2D eigenvalue weighted by Crippen LogP contribution is 2.53. The molecule has 0 saturated carbocycles. The van der Waals surface area contributed by atoms with Gasteiger partial charge in [-0.1, -0.05) is 47.6 Å². The summed E-state index contributed by atoms with van der Waals surface area (Å²) < 4.78 is 11.8. The van der Waals surface area contributed by atoms with E-state index in [1.54, 1.807) is 18.5 Å². The Kier molecular flexibility index (Phi) is 7.12. The maximum absolute atomic E-state index is 12.3. The number of hydrogen-bond acceptors (Lipinski definition) is 8. The molecule has 1 spiro atoms. The Morgan fingerprint density at radius 1 is 1.16 bits per heavy atom. The summed E-state index contributed by atoms with van der Waals surface area (Å²) in [5, 5.41) is 6.84. The van der Waals surface area contributed by atoms with Crippen LogP contribution in [0.25, 0.3) is 0 Å². The van der Waals surface area contributed by atoms with E-state index in [-0.39, 0.29) is 11.2 Å². The summed E-state index contributed by atoms with van der Waals surface area (Å²) >= 11 is 7.60. The molecule has 1 aliphatic heterocycles. The molecule has 11 heteroatoms. The number of nitrogens with two attached hydrogens (primary N) is 3. The van der Waals surface area contributed by atoms with Crippen LogP contribution in [0.3, 0.4) is 0 Å². The van der Waals surface area contributed by atoms with E-state index in [0.717, 1.165) is 49.5 Å². The fraction of sp³-hybridized carbons (Fsp3) is 0.423. The normalized spacial score (nSPS) is 19.7. The molecule has 1 aliphatic carbocycles. The first kappa shape index (κ1) is 26.2. The molecule has 0 amide bonds. The van der Waals surface area contributed by atoms with E-state index in [1.807, 2.05) is 13.8 Å². The summed E-state index contributed by atoms with van der Waals surface area (Å²) in [7, 11) is -1.38. The third-order valence-corrected chi connectivity index (χ3v) is 10.7. The first-order chi connectivity index (χ1) is 17.6. The number of pyridine rings is 1. The van der Waals surface area contributed by atoms with Gasteiger partial charge in [-0.2, -0.15) is 0 Å². The average molecular weight is 558 g/mol. The lowest BCUT2D eigenvalue weighted by molar-refractivity contribution is 0.211. The quantitative estimate of drug-likeness (QED) is 0.407. The summed E-state index contributed by atoms with van der Waals surface area (Å²) in [6.45, 7) is 5.70. The number of hydrogen-bond donors (Lipinski definition) is 3. The lowest BCUT2D eigenvalue weighted by Crippen LogP contribution is -2.48. The number of anilines is 3. The van der Waals surface area contributed by atoms with Gasteiger partial charge in [-0.15, -0.1) is 0 Å². The predicted molar refractivity (Wildman–Crippen MR) is 152 cm³/mol. The third kappa shape index (κ3) is 4.92. The van der Waals surface area contributed by atoms with E-state index in [2.05, 4.69) is 44.1 Å². The molecule has 196 valence electrons. The van der Waals surface area contributed by atoms with Crippen molar-refractivity contribution in [3.8, 4) is 0 Å². The third-order valence-electron chi connectivity index (χ3n) is 7.90. The number of aromatic nitrogens is 3. The molecular formula is C26H32ClN7OS2. The fourth-order valence-electron chi connectivity index (χ4n) is 5.86. The van der Waals surface area contributed by atoms with Gasteiger partial charge in [0, 0.05) is 29.6 Å². The SMILES string of the molecule is CC(C)(C[C@H]1Cc2ccccc2C12CCN(c1cnc(Sc3ccnc(N)c3Cl)c(N)n1)CC2)S(N)=O. The maximum Gasteiger partial charge on any atom is 0.158 e. The van der Waals surface area contributed by atoms with Crippen LogP contribution in [0.4, 0.5) is 17.5 Å². The van der Waals surface area contributed by atoms with Crippen LogP contribution in [0.15, 0.2) is 52.6 Å². The molecule has 2 aliphatic rings. The molecule has 2 aromatic heterocycles. The summed E-state index contributed by atoms with van der Waals surface area (Å²) in [6, 6.07) is 10.5. The Morgan fingerprint density at radius 3 is 2.59 bits per heavy atom. The van der Waals surface area contributed by atoms with Gasteiger partial charge in [0.1, 0.15) is 16.7 Å². The van der Waals surface area contributed by atoms with E-state index >= 15 is 0 Å². The number of nitrogens with zero attached hydrogens (tertiary/aromatic N) is 4. The van der Waals surface area contributed by atoms with Crippen LogP contribution in [0.1, 0.15) is 44.2 Å². The summed E-state index contributed by atoms with van der Waals surface area (Å²) in [6.07, 6.45) is 7.16. The minimum atomic E-state index is -1.38. The van der Waals surface area contributed by atoms with Gasteiger partial charge in [0.25, 0.3) is 0 Å². The highest BCUT2D eigenvalue weighted by molar-refractivity contribution is 7.99. The van der Waals surface area contributed by atoms with Gasteiger partial charge in [-0.3, -0.25) is 5.14 Å². The highest BCUT2D eigenvalue weighted by Gasteiger charge is 2.50. The Balaban J connectivity index is 1.35. The van der Waals surface area contributed by atoms with Gasteiger partial charge >= 0.3 is 0 Å². The minimum Gasteiger partial charge on any atom is -0.382 e. The number of rotatable bonds is 6. The first-order valence-corrected chi connectivity index (χ1v) is 14.7. The molecule has 6 N–H and O–H groups in total. The molecule has 8 nitrogen and oxygen atoms in total. The van der Waals surface area contributed by atoms with Crippen LogP contribution in [0.2, 0.25) is 5.02 Å². The minimum absolute atomic E-state index is 0.0382. The van der Waals surface area contributed by atoms with Gasteiger partial charge in [0.15, 0.2) is 5.82 Å². The highest BCUT2D eigenvalue weighted by atomic mass is 35.5. The molecule has 1 aromatic carbocycles. The largest absolute Gasteiger partial charge is 0.382 e. The van der Waals surface area contributed by atoms with Crippen LogP contribution in [-0.4, -0.2) is 37.0 Å².